The predicted octanol–water partition coefficient (Wildman–Crippen LogP) is 1.74. The molecule has 1 heterocycles. The third-order valence-electron chi connectivity index (χ3n) is 2.93. The number of ether oxygens (including phenoxy) is 2. The highest BCUT2D eigenvalue weighted by molar-refractivity contribution is 5.94. The fraction of sp³-hybridized carbons (Fsp3) is 0.385. The van der Waals surface area contributed by atoms with Gasteiger partial charge < -0.3 is 9.47 Å². The van der Waals surface area contributed by atoms with Crippen molar-refractivity contribution >= 4 is 12.0 Å². The topological polar surface area (TPSA) is 55.8 Å². The molecule has 0 saturated carbocycles. The van der Waals surface area contributed by atoms with Crippen molar-refractivity contribution in [2.75, 3.05) is 13.7 Å². The zero-order valence-corrected chi connectivity index (χ0v) is 10.3. The molecule has 0 bridgehead atoms. The van der Waals surface area contributed by atoms with E-state index in [9.17, 15) is 9.59 Å². The van der Waals surface area contributed by atoms with Crippen LogP contribution in [0.5, 0.6) is 0 Å². The Hall–Kier alpha value is -1.88. The molecule has 0 aliphatic carbocycles. The van der Waals surface area contributed by atoms with Crippen molar-refractivity contribution in [3.63, 3.8) is 0 Å². The summed E-state index contributed by atoms with van der Waals surface area (Å²) in [5.74, 6) is -0.381. The molecule has 0 radical (unpaired) electrons. The predicted molar refractivity (Wildman–Crippen MR) is 63.8 cm³/mol. The fourth-order valence-corrected chi connectivity index (χ4v) is 2.08. The van der Waals surface area contributed by atoms with Gasteiger partial charge in [-0.3, -0.25) is 4.79 Å². The van der Waals surface area contributed by atoms with Crippen LogP contribution in [-0.2, 0) is 14.3 Å². The molecule has 2 atom stereocenters. The number of nitrogens with zero attached hydrogens (tertiary/aromatic N) is 1. The number of carbonyl (C=O) groups excluding carboxylic acids is 2. The first-order valence-electron chi connectivity index (χ1n) is 5.71. The van der Waals surface area contributed by atoms with Crippen LogP contribution in [0.3, 0.4) is 0 Å². The molecule has 18 heavy (non-hydrogen) atoms. The number of hydrogen-bond donors (Lipinski definition) is 0. The van der Waals surface area contributed by atoms with Crippen molar-refractivity contribution in [3.05, 3.63) is 35.9 Å². The number of hydrogen-bond acceptors (Lipinski definition) is 4. The maximum absolute atomic E-state index is 11.7. The fourth-order valence-electron chi connectivity index (χ4n) is 2.08. The van der Waals surface area contributed by atoms with Gasteiger partial charge in [-0.15, -0.1) is 0 Å². The molecule has 2 rings (SSSR count). The quantitative estimate of drug-likeness (QED) is 0.818. The lowest BCUT2D eigenvalue weighted by Gasteiger charge is -2.18. The van der Waals surface area contributed by atoms with E-state index in [1.54, 1.807) is 6.92 Å². The molecule has 0 N–H and O–H groups in total. The van der Waals surface area contributed by atoms with E-state index in [0.29, 0.717) is 0 Å². The van der Waals surface area contributed by atoms with Crippen LogP contribution in [0.25, 0.3) is 0 Å². The molecule has 0 spiro atoms. The number of methoxy groups -OCH3 is 1. The maximum Gasteiger partial charge on any atom is 0.417 e. The first-order chi connectivity index (χ1) is 8.65. The van der Waals surface area contributed by atoms with Gasteiger partial charge in [-0.05, 0) is 12.5 Å². The van der Waals surface area contributed by atoms with Gasteiger partial charge in [0, 0.05) is 7.11 Å². The Morgan fingerprint density at radius 1 is 1.39 bits per heavy atom. The summed E-state index contributed by atoms with van der Waals surface area (Å²) < 4.78 is 10.0. The van der Waals surface area contributed by atoms with E-state index >= 15 is 0 Å². The van der Waals surface area contributed by atoms with Crippen molar-refractivity contribution in [1.29, 1.82) is 0 Å². The lowest BCUT2D eigenvalue weighted by molar-refractivity contribution is -0.133. The highest BCUT2D eigenvalue weighted by Crippen LogP contribution is 2.32. The van der Waals surface area contributed by atoms with Gasteiger partial charge in [-0.25, -0.2) is 9.69 Å². The first-order valence-corrected chi connectivity index (χ1v) is 5.71. The van der Waals surface area contributed by atoms with Crippen molar-refractivity contribution in [2.45, 2.75) is 19.1 Å². The monoisotopic (exact) mass is 249 g/mol. The zero-order chi connectivity index (χ0) is 13.1. The highest BCUT2D eigenvalue weighted by Gasteiger charge is 2.43. The van der Waals surface area contributed by atoms with E-state index in [2.05, 4.69) is 0 Å². The van der Waals surface area contributed by atoms with E-state index in [-0.39, 0.29) is 18.6 Å². The lowest BCUT2D eigenvalue weighted by atomic mass is 10.0. The van der Waals surface area contributed by atoms with Gasteiger partial charge in [0.05, 0.1) is 6.04 Å². The van der Waals surface area contributed by atoms with E-state index in [0.717, 1.165) is 10.5 Å². The van der Waals surface area contributed by atoms with Crippen LogP contribution in [0, 0.1) is 0 Å². The Morgan fingerprint density at radius 3 is 2.67 bits per heavy atom. The van der Waals surface area contributed by atoms with Gasteiger partial charge in [-0.2, -0.15) is 0 Å². The Kier molecular flexibility index (Phi) is 3.62. The van der Waals surface area contributed by atoms with Crippen LogP contribution in [0.1, 0.15) is 18.6 Å². The summed E-state index contributed by atoms with van der Waals surface area (Å²) in [7, 11) is 1.42. The molecular weight excluding hydrogens is 234 g/mol. The third-order valence-corrected chi connectivity index (χ3v) is 2.93. The molecule has 0 unspecified atom stereocenters. The minimum absolute atomic E-state index is 0.124. The second-order valence-electron chi connectivity index (χ2n) is 4.15. The van der Waals surface area contributed by atoms with Crippen molar-refractivity contribution in [1.82, 2.24) is 4.90 Å². The summed E-state index contributed by atoms with van der Waals surface area (Å²) in [6.45, 7) is 1.66. The van der Waals surface area contributed by atoms with Gasteiger partial charge in [0.25, 0.3) is 5.91 Å². The molecule has 1 fully saturated rings. The van der Waals surface area contributed by atoms with Crippen LogP contribution in [0.2, 0.25) is 0 Å². The summed E-state index contributed by atoms with van der Waals surface area (Å²) in [5, 5.41) is 0. The normalized spacial score (nSPS) is 23.0. The molecule has 1 aliphatic heterocycles. The number of rotatable bonds is 3. The standard InChI is InChI=1S/C13H15NO4/c1-9-12(10-6-4-3-5-7-10)18-13(16)14(9)11(15)8-17-2/h3-7,9,12H,8H2,1-2H3/t9-,12-/m0/s1. The molecule has 1 aromatic carbocycles. The summed E-state index contributed by atoms with van der Waals surface area (Å²) in [6.07, 6.45) is -1.03. The number of imide groups is 1. The van der Waals surface area contributed by atoms with Gasteiger partial charge in [0.1, 0.15) is 12.7 Å². The van der Waals surface area contributed by atoms with E-state index in [4.69, 9.17) is 9.47 Å². The molecule has 2 amide bonds. The number of amides is 2. The van der Waals surface area contributed by atoms with E-state index in [1.807, 2.05) is 30.3 Å². The average molecular weight is 249 g/mol. The Bertz CT molecular complexity index is 446. The minimum atomic E-state index is -0.613. The van der Waals surface area contributed by atoms with Crippen LogP contribution in [0.15, 0.2) is 30.3 Å². The van der Waals surface area contributed by atoms with Crippen molar-refractivity contribution < 1.29 is 19.1 Å². The number of cyclic esters (lactones) is 1. The SMILES string of the molecule is COCC(=O)N1C(=O)O[C@H](c2ccccc2)[C@@H]1C. The Balaban J connectivity index is 2.19. The maximum atomic E-state index is 11.7. The molecule has 1 saturated heterocycles. The second-order valence-corrected chi connectivity index (χ2v) is 4.15. The smallest absolute Gasteiger partial charge is 0.417 e. The molecule has 5 nitrogen and oxygen atoms in total. The van der Waals surface area contributed by atoms with Crippen LogP contribution in [0.4, 0.5) is 4.79 Å². The van der Waals surface area contributed by atoms with E-state index < -0.39 is 12.2 Å². The van der Waals surface area contributed by atoms with E-state index in [1.165, 1.54) is 7.11 Å². The number of carbonyl (C=O) groups is 2. The summed E-state index contributed by atoms with van der Waals surface area (Å²) in [6, 6.07) is 9.05. The average Bonchev–Trinajstić information content (AvgIpc) is 2.66. The Morgan fingerprint density at radius 2 is 2.06 bits per heavy atom. The molecule has 96 valence electrons. The summed E-state index contributed by atoms with van der Waals surface area (Å²) in [5.41, 5.74) is 0.881. The zero-order valence-electron chi connectivity index (χ0n) is 10.3. The summed E-state index contributed by atoms with van der Waals surface area (Å²) >= 11 is 0. The molecule has 1 aliphatic rings. The molecule has 1 aromatic rings. The van der Waals surface area contributed by atoms with Gasteiger partial charge in [-0.1, -0.05) is 30.3 Å². The lowest BCUT2D eigenvalue weighted by Crippen LogP contribution is -2.39. The van der Waals surface area contributed by atoms with Crippen molar-refractivity contribution in [3.8, 4) is 0 Å². The van der Waals surface area contributed by atoms with Crippen LogP contribution < -0.4 is 0 Å². The summed E-state index contributed by atoms with van der Waals surface area (Å²) in [4.78, 5) is 24.6. The second kappa shape index (κ2) is 5.18. The first kappa shape index (κ1) is 12.6. The van der Waals surface area contributed by atoms with Crippen molar-refractivity contribution in [2.24, 2.45) is 0 Å². The molecule has 0 aromatic heterocycles. The number of benzene rings is 1. The highest BCUT2D eigenvalue weighted by atomic mass is 16.6. The molecular formula is C13H15NO4. The van der Waals surface area contributed by atoms with Gasteiger partial charge >= 0.3 is 6.09 Å². The van der Waals surface area contributed by atoms with Crippen LogP contribution in [-0.4, -0.2) is 36.7 Å². The third kappa shape index (κ3) is 2.22. The Labute approximate surface area is 105 Å². The van der Waals surface area contributed by atoms with Crippen LogP contribution >= 0.6 is 0 Å². The van der Waals surface area contributed by atoms with Gasteiger partial charge in [0.15, 0.2) is 0 Å². The molecule has 5 heteroatoms. The largest absolute Gasteiger partial charge is 0.439 e. The van der Waals surface area contributed by atoms with Gasteiger partial charge in [0.2, 0.25) is 0 Å². The minimum Gasteiger partial charge on any atom is -0.439 e.